The van der Waals surface area contributed by atoms with Gasteiger partial charge in [-0.05, 0) is 24.3 Å². The van der Waals surface area contributed by atoms with Gasteiger partial charge in [-0.25, -0.2) is 12.7 Å². The molecule has 1 aromatic rings. The van der Waals surface area contributed by atoms with E-state index in [1.165, 1.54) is 17.4 Å². The first-order valence-electron chi connectivity index (χ1n) is 6.48. The van der Waals surface area contributed by atoms with Crippen molar-refractivity contribution in [2.75, 3.05) is 19.0 Å². The number of hydrogen-bond donors (Lipinski definition) is 2. The minimum absolute atomic E-state index is 0.0138. The summed E-state index contributed by atoms with van der Waals surface area (Å²) >= 11 is 0. The highest BCUT2D eigenvalue weighted by Gasteiger charge is 2.36. The van der Waals surface area contributed by atoms with Crippen molar-refractivity contribution in [1.82, 2.24) is 4.31 Å². The summed E-state index contributed by atoms with van der Waals surface area (Å²) in [5, 5.41) is 10.7. The molecule has 0 saturated heterocycles. The number of sulfonamides is 1. The Balaban J connectivity index is 2.32. The Kier molecular flexibility index (Phi) is 4.17. The van der Waals surface area contributed by atoms with Crippen LogP contribution in [0.1, 0.15) is 13.3 Å². The Morgan fingerprint density at radius 3 is 2.62 bits per heavy atom. The topological polar surface area (TPSA) is 119 Å². The lowest BCUT2D eigenvalue weighted by molar-refractivity contribution is -0.384. The summed E-state index contributed by atoms with van der Waals surface area (Å²) in [6.45, 7) is 2.51. The molecule has 0 amide bonds. The van der Waals surface area contributed by atoms with Gasteiger partial charge in [-0.15, -0.1) is 0 Å². The summed E-state index contributed by atoms with van der Waals surface area (Å²) in [5.41, 5.74) is 2.01. The highest BCUT2D eigenvalue weighted by Crippen LogP contribution is 2.39. The molecule has 2 unspecified atom stereocenters. The lowest BCUT2D eigenvalue weighted by Crippen LogP contribution is -2.30. The molecular formula is C12H18N4O4S. The van der Waals surface area contributed by atoms with Gasteiger partial charge in [0, 0.05) is 25.7 Å². The maximum absolute atomic E-state index is 12.5. The summed E-state index contributed by atoms with van der Waals surface area (Å²) in [5.74, 6) is 6.20. The summed E-state index contributed by atoms with van der Waals surface area (Å²) in [6.07, 6.45) is 1.02. The smallest absolute Gasteiger partial charge is 0.271 e. The number of benzene rings is 1. The van der Waals surface area contributed by atoms with Crippen LogP contribution in [0.4, 0.5) is 11.4 Å². The van der Waals surface area contributed by atoms with Crippen LogP contribution >= 0.6 is 0 Å². The van der Waals surface area contributed by atoms with E-state index in [2.05, 4.69) is 12.3 Å². The van der Waals surface area contributed by atoms with E-state index in [9.17, 15) is 18.5 Å². The van der Waals surface area contributed by atoms with E-state index in [0.717, 1.165) is 18.6 Å². The van der Waals surface area contributed by atoms with Gasteiger partial charge in [-0.2, -0.15) is 0 Å². The minimum atomic E-state index is -3.73. The van der Waals surface area contributed by atoms with Gasteiger partial charge in [0.1, 0.15) is 4.90 Å². The second kappa shape index (κ2) is 5.58. The van der Waals surface area contributed by atoms with Gasteiger partial charge in [0.05, 0.1) is 10.6 Å². The van der Waals surface area contributed by atoms with Crippen molar-refractivity contribution in [3.63, 3.8) is 0 Å². The van der Waals surface area contributed by atoms with Crippen LogP contribution in [-0.4, -0.2) is 31.2 Å². The number of nitro benzene ring substituents is 1. The summed E-state index contributed by atoms with van der Waals surface area (Å²) in [4.78, 5) is 10.1. The van der Waals surface area contributed by atoms with E-state index >= 15 is 0 Å². The number of nitrogen functional groups attached to an aromatic ring is 1. The van der Waals surface area contributed by atoms with Crippen molar-refractivity contribution < 1.29 is 13.3 Å². The van der Waals surface area contributed by atoms with E-state index in [1.54, 1.807) is 0 Å². The van der Waals surface area contributed by atoms with Crippen LogP contribution in [-0.2, 0) is 10.0 Å². The van der Waals surface area contributed by atoms with E-state index in [0.29, 0.717) is 18.4 Å². The van der Waals surface area contributed by atoms with Crippen molar-refractivity contribution in [3.8, 4) is 0 Å². The zero-order valence-corrected chi connectivity index (χ0v) is 12.6. The molecule has 2 rings (SSSR count). The second-order valence-corrected chi connectivity index (χ2v) is 7.35. The number of rotatable bonds is 6. The molecule has 9 heteroatoms. The first kappa shape index (κ1) is 15.7. The van der Waals surface area contributed by atoms with Crippen LogP contribution in [0.2, 0.25) is 0 Å². The number of nitrogens with zero attached hydrogens (tertiary/aromatic N) is 2. The van der Waals surface area contributed by atoms with E-state index < -0.39 is 14.9 Å². The van der Waals surface area contributed by atoms with E-state index in [1.807, 2.05) is 0 Å². The molecule has 1 aliphatic carbocycles. The van der Waals surface area contributed by atoms with Crippen LogP contribution in [0.3, 0.4) is 0 Å². The average Bonchev–Trinajstić information content (AvgIpc) is 3.13. The van der Waals surface area contributed by atoms with Crippen LogP contribution in [0.5, 0.6) is 0 Å². The highest BCUT2D eigenvalue weighted by molar-refractivity contribution is 7.89. The monoisotopic (exact) mass is 314 g/mol. The number of anilines is 1. The third-order valence-corrected chi connectivity index (χ3v) is 5.67. The zero-order valence-electron chi connectivity index (χ0n) is 11.8. The first-order valence-corrected chi connectivity index (χ1v) is 7.92. The molecule has 1 aromatic carbocycles. The van der Waals surface area contributed by atoms with Crippen molar-refractivity contribution in [3.05, 3.63) is 28.3 Å². The maximum Gasteiger partial charge on any atom is 0.271 e. The molecule has 116 valence electrons. The molecule has 0 spiro atoms. The number of nitro groups is 1. The van der Waals surface area contributed by atoms with Crippen LogP contribution < -0.4 is 11.3 Å². The van der Waals surface area contributed by atoms with Gasteiger partial charge in [0.2, 0.25) is 10.0 Å². The quantitative estimate of drug-likeness (QED) is 0.462. The normalized spacial score (nSPS) is 21.3. The largest absolute Gasteiger partial charge is 0.323 e. The molecule has 0 aliphatic heterocycles. The Morgan fingerprint density at radius 2 is 2.14 bits per heavy atom. The highest BCUT2D eigenvalue weighted by atomic mass is 32.2. The molecule has 0 radical (unpaired) electrons. The summed E-state index contributed by atoms with van der Waals surface area (Å²) in [6, 6.07) is 3.47. The van der Waals surface area contributed by atoms with Crippen molar-refractivity contribution in [1.29, 1.82) is 0 Å². The Labute approximate surface area is 123 Å². The number of hydrogen-bond acceptors (Lipinski definition) is 6. The number of non-ortho nitro benzene ring substituents is 1. The SMILES string of the molecule is CC1CC1CN(C)S(=O)(=O)c1ccc([N+](=O)[O-])cc1NN. The van der Waals surface area contributed by atoms with Gasteiger partial charge in [0.25, 0.3) is 5.69 Å². The standard InChI is InChI=1S/C12H18N4O4S/c1-8-5-9(8)7-15(2)21(19,20)12-4-3-10(16(17)18)6-11(12)14-13/h3-4,6,8-9,14H,5,7,13H2,1-2H3. The third-order valence-electron chi connectivity index (χ3n) is 3.79. The van der Waals surface area contributed by atoms with Crippen molar-refractivity contribution in [2.24, 2.45) is 17.7 Å². The zero-order chi connectivity index (χ0) is 15.8. The predicted octanol–water partition coefficient (Wildman–Crippen LogP) is 1.16. The lowest BCUT2D eigenvalue weighted by Gasteiger charge is -2.19. The fraction of sp³-hybridized carbons (Fsp3) is 0.500. The van der Waals surface area contributed by atoms with Crippen molar-refractivity contribution in [2.45, 2.75) is 18.2 Å². The molecular weight excluding hydrogens is 296 g/mol. The summed E-state index contributed by atoms with van der Waals surface area (Å²) in [7, 11) is -2.23. The van der Waals surface area contributed by atoms with Crippen molar-refractivity contribution >= 4 is 21.4 Å². The van der Waals surface area contributed by atoms with Gasteiger partial charge in [-0.3, -0.25) is 16.0 Å². The molecule has 0 aromatic heterocycles. The third kappa shape index (κ3) is 3.14. The molecule has 3 N–H and O–H groups in total. The first-order chi connectivity index (χ1) is 9.77. The van der Waals surface area contributed by atoms with Crippen LogP contribution in [0.15, 0.2) is 23.1 Å². The Morgan fingerprint density at radius 1 is 1.52 bits per heavy atom. The number of hydrazine groups is 1. The van der Waals surface area contributed by atoms with E-state index in [-0.39, 0.29) is 16.3 Å². The molecule has 1 fully saturated rings. The fourth-order valence-corrected chi connectivity index (χ4v) is 3.58. The lowest BCUT2D eigenvalue weighted by atomic mass is 10.3. The molecule has 21 heavy (non-hydrogen) atoms. The maximum atomic E-state index is 12.5. The van der Waals surface area contributed by atoms with Gasteiger partial charge >= 0.3 is 0 Å². The fourth-order valence-electron chi connectivity index (χ4n) is 2.22. The van der Waals surface area contributed by atoms with Crippen LogP contribution in [0.25, 0.3) is 0 Å². The molecule has 2 atom stereocenters. The average molecular weight is 314 g/mol. The Bertz CT molecular complexity index is 661. The molecule has 1 saturated carbocycles. The number of nitrogens with one attached hydrogen (secondary N) is 1. The molecule has 8 nitrogen and oxygen atoms in total. The molecule has 1 aliphatic rings. The molecule has 0 heterocycles. The second-order valence-electron chi connectivity index (χ2n) is 5.34. The van der Waals surface area contributed by atoms with Gasteiger partial charge < -0.3 is 5.43 Å². The number of nitrogens with two attached hydrogens (primary N) is 1. The summed E-state index contributed by atoms with van der Waals surface area (Å²) < 4.78 is 26.3. The Hall–Kier alpha value is -1.71. The predicted molar refractivity (Wildman–Crippen MR) is 78.0 cm³/mol. The van der Waals surface area contributed by atoms with Crippen LogP contribution in [0, 0.1) is 22.0 Å². The molecule has 0 bridgehead atoms. The van der Waals surface area contributed by atoms with E-state index in [4.69, 9.17) is 5.84 Å². The van der Waals surface area contributed by atoms with Gasteiger partial charge in [0.15, 0.2) is 0 Å². The minimum Gasteiger partial charge on any atom is -0.323 e. The van der Waals surface area contributed by atoms with Gasteiger partial charge in [-0.1, -0.05) is 6.92 Å².